The van der Waals surface area contributed by atoms with Crippen molar-refractivity contribution in [3.8, 4) is 0 Å². The average Bonchev–Trinajstić information content (AvgIpc) is 2.57. The minimum absolute atomic E-state index is 0.158. The molecule has 0 unspecified atom stereocenters. The van der Waals surface area contributed by atoms with Gasteiger partial charge in [-0.1, -0.05) is 53.6 Å². The molecular formula is C18H42N2O2. The molecule has 0 fully saturated rings. The Morgan fingerprint density at radius 2 is 1.50 bits per heavy atom. The second-order valence-corrected chi connectivity index (χ2v) is 4.03. The summed E-state index contributed by atoms with van der Waals surface area (Å²) in [6.45, 7) is 19.3. The van der Waals surface area contributed by atoms with Crippen molar-refractivity contribution in [3.05, 3.63) is 0 Å². The van der Waals surface area contributed by atoms with E-state index in [-0.39, 0.29) is 5.91 Å². The van der Waals surface area contributed by atoms with Gasteiger partial charge in [0.25, 0.3) is 0 Å². The van der Waals surface area contributed by atoms with Gasteiger partial charge in [0.05, 0.1) is 5.71 Å². The number of unbranched alkanes of at least 4 members (excludes halogenated alkanes) is 2. The van der Waals surface area contributed by atoms with E-state index in [9.17, 15) is 4.79 Å². The molecule has 0 aliphatic heterocycles. The first-order valence-corrected chi connectivity index (χ1v) is 9.06. The Morgan fingerprint density at radius 3 is 1.95 bits per heavy atom. The Morgan fingerprint density at radius 1 is 0.955 bits per heavy atom. The molecule has 0 saturated carbocycles. The number of hydrogen-bond acceptors (Lipinski definition) is 3. The molecule has 0 aromatic heterocycles. The molecule has 0 saturated heterocycles. The summed E-state index contributed by atoms with van der Waals surface area (Å²) in [5.41, 5.74) is 0.930. The molecule has 0 aromatic rings. The first kappa shape index (κ1) is 29.0. The number of nitrogens with one attached hydrogen (secondary N) is 1. The topological polar surface area (TPSA) is 50.7 Å². The number of nitrogens with zero attached hydrogens (tertiary/aromatic N) is 1. The molecule has 0 spiro atoms. The summed E-state index contributed by atoms with van der Waals surface area (Å²) in [5.74, 6) is 0.158. The minimum Gasteiger partial charge on any atom is -0.396 e. The largest absolute Gasteiger partial charge is 0.396 e. The quantitative estimate of drug-likeness (QED) is 0.343. The summed E-state index contributed by atoms with van der Waals surface area (Å²) < 4.78 is 0. The van der Waals surface area contributed by atoms with Crippen molar-refractivity contribution in [1.29, 1.82) is 0 Å². The van der Waals surface area contributed by atoms with Gasteiger partial charge in [0.15, 0.2) is 0 Å². The normalized spacial score (nSPS) is 7.86. The summed E-state index contributed by atoms with van der Waals surface area (Å²) in [7, 11) is 0. The van der Waals surface area contributed by atoms with E-state index in [1.165, 1.54) is 0 Å². The maximum atomic E-state index is 11.2. The highest BCUT2D eigenvalue weighted by molar-refractivity contribution is 5.78. The van der Waals surface area contributed by atoms with Gasteiger partial charge in [0, 0.05) is 13.0 Å². The van der Waals surface area contributed by atoms with Crippen LogP contribution >= 0.6 is 0 Å². The Balaban J connectivity index is -0.000000238. The van der Waals surface area contributed by atoms with E-state index in [4.69, 9.17) is 4.84 Å². The third kappa shape index (κ3) is 36.4. The standard InChI is InChI=1S/C12H24N2O2.3C2H6/c1-4-9-13-12(15)8-6-5-7-10-16-14-11(2)3;3*1-2/h4-10H2,1-3H3,(H,13,15);3*1-2H3. The van der Waals surface area contributed by atoms with Gasteiger partial charge in [-0.15, -0.1) is 0 Å². The average molecular weight is 319 g/mol. The second-order valence-electron chi connectivity index (χ2n) is 4.03. The van der Waals surface area contributed by atoms with Crippen LogP contribution in [0.15, 0.2) is 5.16 Å². The predicted molar refractivity (Wildman–Crippen MR) is 101 cm³/mol. The first-order valence-electron chi connectivity index (χ1n) is 9.06. The van der Waals surface area contributed by atoms with Crippen LogP contribution in [-0.4, -0.2) is 24.8 Å². The number of oxime groups is 1. The molecule has 4 nitrogen and oxygen atoms in total. The van der Waals surface area contributed by atoms with Crippen molar-refractivity contribution in [3.63, 3.8) is 0 Å². The lowest BCUT2D eigenvalue weighted by Gasteiger charge is -2.03. The number of carbonyl (C=O) groups is 1. The van der Waals surface area contributed by atoms with Gasteiger partial charge in [-0.3, -0.25) is 4.79 Å². The third-order valence-corrected chi connectivity index (χ3v) is 1.96. The Labute approximate surface area is 140 Å². The molecule has 0 aliphatic rings. The lowest BCUT2D eigenvalue weighted by atomic mass is 10.2. The third-order valence-electron chi connectivity index (χ3n) is 1.96. The summed E-state index contributed by atoms with van der Waals surface area (Å²) in [5, 5.41) is 6.69. The predicted octanol–water partition coefficient (Wildman–Crippen LogP) is 5.56. The van der Waals surface area contributed by atoms with Crippen LogP contribution in [0.2, 0.25) is 0 Å². The summed E-state index contributed by atoms with van der Waals surface area (Å²) >= 11 is 0. The van der Waals surface area contributed by atoms with Crippen LogP contribution in [0.3, 0.4) is 0 Å². The van der Waals surface area contributed by atoms with E-state index in [0.717, 1.165) is 37.9 Å². The van der Waals surface area contributed by atoms with E-state index in [1.807, 2.05) is 62.3 Å². The fourth-order valence-corrected chi connectivity index (χ4v) is 1.16. The highest BCUT2D eigenvalue weighted by Gasteiger charge is 1.99. The lowest BCUT2D eigenvalue weighted by molar-refractivity contribution is -0.121. The van der Waals surface area contributed by atoms with Crippen LogP contribution in [0.1, 0.15) is 94.4 Å². The highest BCUT2D eigenvalue weighted by atomic mass is 16.6. The molecule has 0 aliphatic carbocycles. The van der Waals surface area contributed by atoms with E-state index in [0.29, 0.717) is 13.0 Å². The highest BCUT2D eigenvalue weighted by Crippen LogP contribution is 2.00. The first-order chi connectivity index (χ1) is 10.7. The zero-order chi connectivity index (χ0) is 18.2. The number of rotatable bonds is 9. The van der Waals surface area contributed by atoms with Crippen molar-refractivity contribution in [2.45, 2.75) is 94.4 Å². The molecule has 0 heterocycles. The molecule has 0 aromatic carbocycles. The van der Waals surface area contributed by atoms with E-state index in [1.54, 1.807) is 0 Å². The van der Waals surface area contributed by atoms with Gasteiger partial charge in [-0.05, 0) is 39.5 Å². The second kappa shape index (κ2) is 32.0. The summed E-state index contributed by atoms with van der Waals surface area (Å²) in [6.07, 6.45) is 4.51. The smallest absolute Gasteiger partial charge is 0.219 e. The molecular weight excluding hydrogens is 276 g/mol. The van der Waals surface area contributed by atoms with Crippen LogP contribution < -0.4 is 5.32 Å². The van der Waals surface area contributed by atoms with Crippen molar-refractivity contribution in [2.75, 3.05) is 13.2 Å². The van der Waals surface area contributed by atoms with Crippen LogP contribution in [0.25, 0.3) is 0 Å². The van der Waals surface area contributed by atoms with Crippen LogP contribution in [0, 0.1) is 0 Å². The SMILES string of the molecule is CC.CC.CC.CCCNC(=O)CCCCCON=C(C)C. The lowest BCUT2D eigenvalue weighted by Crippen LogP contribution is -2.23. The molecule has 22 heavy (non-hydrogen) atoms. The molecule has 1 N–H and O–H groups in total. The zero-order valence-electron chi connectivity index (χ0n) is 16.7. The van der Waals surface area contributed by atoms with Gasteiger partial charge in [-0.25, -0.2) is 0 Å². The molecule has 0 radical (unpaired) electrons. The Kier molecular flexibility index (Phi) is 42.3. The fraction of sp³-hybridized carbons (Fsp3) is 0.889. The van der Waals surface area contributed by atoms with Gasteiger partial charge in [-0.2, -0.15) is 0 Å². The monoisotopic (exact) mass is 318 g/mol. The Bertz CT molecular complexity index is 213. The number of amides is 1. The van der Waals surface area contributed by atoms with E-state index in [2.05, 4.69) is 10.5 Å². The van der Waals surface area contributed by atoms with Gasteiger partial charge in [0.2, 0.25) is 5.91 Å². The van der Waals surface area contributed by atoms with Crippen LogP contribution in [0.5, 0.6) is 0 Å². The minimum atomic E-state index is 0.158. The molecule has 4 heteroatoms. The van der Waals surface area contributed by atoms with Crippen molar-refractivity contribution in [1.82, 2.24) is 5.32 Å². The maximum Gasteiger partial charge on any atom is 0.219 e. The van der Waals surface area contributed by atoms with Gasteiger partial charge >= 0.3 is 0 Å². The zero-order valence-corrected chi connectivity index (χ0v) is 16.7. The van der Waals surface area contributed by atoms with Crippen LogP contribution in [-0.2, 0) is 9.63 Å². The fourth-order valence-electron chi connectivity index (χ4n) is 1.16. The van der Waals surface area contributed by atoms with Crippen molar-refractivity contribution in [2.24, 2.45) is 5.16 Å². The molecule has 0 rings (SSSR count). The molecule has 136 valence electrons. The van der Waals surface area contributed by atoms with Crippen molar-refractivity contribution >= 4 is 11.6 Å². The molecule has 1 amide bonds. The number of hydrogen-bond donors (Lipinski definition) is 1. The molecule has 0 atom stereocenters. The van der Waals surface area contributed by atoms with Crippen LogP contribution in [0.4, 0.5) is 0 Å². The summed E-state index contributed by atoms with van der Waals surface area (Å²) in [6, 6.07) is 0. The van der Waals surface area contributed by atoms with E-state index < -0.39 is 0 Å². The Hall–Kier alpha value is -1.06. The molecule has 0 bridgehead atoms. The number of carbonyl (C=O) groups excluding carboxylic acids is 1. The van der Waals surface area contributed by atoms with Crippen molar-refractivity contribution < 1.29 is 9.63 Å². The van der Waals surface area contributed by atoms with Gasteiger partial charge in [0.1, 0.15) is 6.61 Å². The van der Waals surface area contributed by atoms with Gasteiger partial charge < -0.3 is 10.2 Å². The maximum absolute atomic E-state index is 11.2. The van der Waals surface area contributed by atoms with E-state index >= 15 is 0 Å². The summed E-state index contributed by atoms with van der Waals surface area (Å²) in [4.78, 5) is 16.3.